The molecule has 0 heterocycles. The van der Waals surface area contributed by atoms with Gasteiger partial charge in [0.2, 0.25) is 0 Å². The van der Waals surface area contributed by atoms with E-state index in [4.69, 9.17) is 10.8 Å². The first-order valence-electron chi connectivity index (χ1n) is 6.03. The summed E-state index contributed by atoms with van der Waals surface area (Å²) in [5, 5.41) is 18.1. The van der Waals surface area contributed by atoms with Gasteiger partial charge in [0.05, 0.1) is 11.1 Å². The van der Waals surface area contributed by atoms with Crippen LogP contribution >= 0.6 is 11.8 Å². The van der Waals surface area contributed by atoms with Crippen LogP contribution in [0, 0.1) is 6.92 Å². The first-order valence-corrected chi connectivity index (χ1v) is 6.84. The van der Waals surface area contributed by atoms with Gasteiger partial charge in [-0.15, -0.1) is 0 Å². The summed E-state index contributed by atoms with van der Waals surface area (Å²) < 4.78 is 0. The summed E-state index contributed by atoms with van der Waals surface area (Å²) in [6.45, 7) is 1.82. The minimum absolute atomic E-state index is 0.0965. The Hall–Kier alpha value is -2.47. The number of hydrogen-bond acceptors (Lipinski definition) is 4. The predicted molar refractivity (Wildman–Crippen MR) is 80.1 cm³/mol. The van der Waals surface area contributed by atoms with Crippen molar-refractivity contribution in [3.63, 3.8) is 0 Å². The molecule has 0 amide bonds. The SMILES string of the molecule is Cc1ccc(Sc2ccc(C(=O)O)cc2N)c(C(=O)O)c1. The van der Waals surface area contributed by atoms with E-state index in [9.17, 15) is 14.7 Å². The normalized spacial score (nSPS) is 10.3. The Bertz CT molecular complexity index is 728. The molecule has 6 heteroatoms. The van der Waals surface area contributed by atoms with Gasteiger partial charge in [-0.3, -0.25) is 0 Å². The minimum atomic E-state index is -1.06. The Kier molecular flexibility index (Phi) is 4.18. The fraction of sp³-hybridized carbons (Fsp3) is 0.0667. The number of nitrogens with two attached hydrogens (primary N) is 1. The number of carbonyl (C=O) groups is 2. The van der Waals surface area contributed by atoms with E-state index in [2.05, 4.69) is 0 Å². The van der Waals surface area contributed by atoms with Gasteiger partial charge in [0.1, 0.15) is 0 Å². The van der Waals surface area contributed by atoms with Crippen molar-refractivity contribution in [3.8, 4) is 0 Å². The third-order valence-electron chi connectivity index (χ3n) is 2.84. The minimum Gasteiger partial charge on any atom is -0.478 e. The van der Waals surface area contributed by atoms with Gasteiger partial charge < -0.3 is 15.9 Å². The van der Waals surface area contributed by atoms with Gasteiger partial charge in [0, 0.05) is 15.5 Å². The second-order valence-corrected chi connectivity index (χ2v) is 5.55. The molecule has 2 rings (SSSR count). The number of nitrogen functional groups attached to an aromatic ring is 1. The van der Waals surface area contributed by atoms with Crippen LogP contribution in [0.1, 0.15) is 26.3 Å². The number of rotatable bonds is 4. The van der Waals surface area contributed by atoms with Crippen molar-refractivity contribution in [2.75, 3.05) is 5.73 Å². The summed E-state index contributed by atoms with van der Waals surface area (Å²) in [5.74, 6) is -2.07. The van der Waals surface area contributed by atoms with Crippen LogP contribution in [-0.4, -0.2) is 22.2 Å². The monoisotopic (exact) mass is 303 g/mol. The van der Waals surface area contributed by atoms with E-state index in [1.54, 1.807) is 18.2 Å². The van der Waals surface area contributed by atoms with Crippen molar-refractivity contribution < 1.29 is 19.8 Å². The molecule has 0 aliphatic rings. The molecule has 0 saturated heterocycles. The summed E-state index contributed by atoms with van der Waals surface area (Å²) in [4.78, 5) is 23.3. The molecule has 5 nitrogen and oxygen atoms in total. The molecule has 0 radical (unpaired) electrons. The molecule has 0 aliphatic carbocycles. The molecule has 0 spiro atoms. The van der Waals surface area contributed by atoms with Crippen LogP contribution in [0.2, 0.25) is 0 Å². The highest BCUT2D eigenvalue weighted by molar-refractivity contribution is 7.99. The molecule has 2 aromatic rings. The van der Waals surface area contributed by atoms with E-state index in [1.807, 2.05) is 13.0 Å². The number of hydrogen-bond donors (Lipinski definition) is 3. The maximum Gasteiger partial charge on any atom is 0.336 e. The van der Waals surface area contributed by atoms with Crippen LogP contribution in [0.4, 0.5) is 5.69 Å². The van der Waals surface area contributed by atoms with E-state index in [0.717, 1.165) is 5.56 Å². The topological polar surface area (TPSA) is 101 Å². The van der Waals surface area contributed by atoms with Crippen LogP contribution in [0.5, 0.6) is 0 Å². The molecular weight excluding hydrogens is 290 g/mol. The average molecular weight is 303 g/mol. The van der Waals surface area contributed by atoms with Gasteiger partial charge in [-0.25, -0.2) is 9.59 Å². The summed E-state index contributed by atoms with van der Waals surface area (Å²) in [5.41, 5.74) is 7.28. The van der Waals surface area contributed by atoms with Crippen LogP contribution in [0.3, 0.4) is 0 Å². The van der Waals surface area contributed by atoms with Crippen molar-refractivity contribution in [2.24, 2.45) is 0 Å². The lowest BCUT2D eigenvalue weighted by Crippen LogP contribution is -2.01. The lowest BCUT2D eigenvalue weighted by molar-refractivity contribution is 0.0684. The summed E-state index contributed by atoms with van der Waals surface area (Å²) in [7, 11) is 0. The molecule has 0 atom stereocenters. The van der Waals surface area contributed by atoms with Gasteiger partial charge in [-0.1, -0.05) is 23.4 Å². The Labute approximate surface area is 125 Å². The smallest absolute Gasteiger partial charge is 0.336 e. The van der Waals surface area contributed by atoms with Crippen LogP contribution in [0.25, 0.3) is 0 Å². The first kappa shape index (κ1) is 14.9. The van der Waals surface area contributed by atoms with E-state index >= 15 is 0 Å². The largest absolute Gasteiger partial charge is 0.478 e. The molecule has 108 valence electrons. The molecule has 0 aromatic heterocycles. The fourth-order valence-electron chi connectivity index (χ4n) is 1.79. The molecule has 0 unspecified atom stereocenters. The quantitative estimate of drug-likeness (QED) is 0.750. The fourth-order valence-corrected chi connectivity index (χ4v) is 2.73. The lowest BCUT2D eigenvalue weighted by Gasteiger charge is -2.09. The lowest BCUT2D eigenvalue weighted by atomic mass is 10.1. The highest BCUT2D eigenvalue weighted by Gasteiger charge is 2.13. The van der Waals surface area contributed by atoms with Crippen molar-refractivity contribution in [1.29, 1.82) is 0 Å². The van der Waals surface area contributed by atoms with E-state index in [1.165, 1.54) is 23.9 Å². The summed E-state index contributed by atoms with van der Waals surface area (Å²) in [6, 6.07) is 9.50. The zero-order valence-corrected chi connectivity index (χ0v) is 12.0. The highest BCUT2D eigenvalue weighted by Crippen LogP contribution is 2.35. The molecule has 21 heavy (non-hydrogen) atoms. The van der Waals surface area contributed by atoms with Crippen LogP contribution in [-0.2, 0) is 0 Å². The molecular formula is C15H13NO4S. The van der Waals surface area contributed by atoms with E-state index in [-0.39, 0.29) is 11.1 Å². The molecule has 0 fully saturated rings. The zero-order chi connectivity index (χ0) is 15.6. The number of aromatic carboxylic acids is 2. The van der Waals surface area contributed by atoms with E-state index < -0.39 is 11.9 Å². The Morgan fingerprint density at radius 1 is 1.00 bits per heavy atom. The van der Waals surface area contributed by atoms with Gasteiger partial charge in [0.15, 0.2) is 0 Å². The van der Waals surface area contributed by atoms with Gasteiger partial charge >= 0.3 is 11.9 Å². The van der Waals surface area contributed by atoms with E-state index in [0.29, 0.717) is 15.5 Å². The van der Waals surface area contributed by atoms with Crippen LogP contribution < -0.4 is 5.73 Å². The zero-order valence-electron chi connectivity index (χ0n) is 11.2. The van der Waals surface area contributed by atoms with Gasteiger partial charge in [0.25, 0.3) is 0 Å². The van der Waals surface area contributed by atoms with Gasteiger partial charge in [-0.2, -0.15) is 0 Å². The van der Waals surface area contributed by atoms with Gasteiger partial charge in [-0.05, 0) is 37.3 Å². The maximum atomic E-state index is 11.3. The molecule has 0 bridgehead atoms. The Balaban J connectivity index is 2.39. The molecule has 2 aromatic carbocycles. The number of anilines is 1. The number of carboxylic acid groups (broad SMARTS) is 2. The number of aryl methyl sites for hydroxylation is 1. The molecule has 0 aliphatic heterocycles. The Morgan fingerprint density at radius 3 is 2.24 bits per heavy atom. The van der Waals surface area contributed by atoms with Crippen molar-refractivity contribution in [2.45, 2.75) is 16.7 Å². The first-order chi connectivity index (χ1) is 9.88. The second kappa shape index (κ2) is 5.88. The standard InChI is InChI=1S/C15H13NO4S/c1-8-2-4-12(10(6-8)15(19)20)21-13-5-3-9(14(17)18)7-11(13)16/h2-7H,16H2,1H3,(H,17,18)(H,19,20). The summed E-state index contributed by atoms with van der Waals surface area (Å²) >= 11 is 1.20. The van der Waals surface area contributed by atoms with Crippen molar-refractivity contribution in [3.05, 3.63) is 53.1 Å². The van der Waals surface area contributed by atoms with Crippen molar-refractivity contribution >= 4 is 29.4 Å². The highest BCUT2D eigenvalue weighted by atomic mass is 32.2. The number of benzene rings is 2. The van der Waals surface area contributed by atoms with Crippen LogP contribution in [0.15, 0.2) is 46.2 Å². The van der Waals surface area contributed by atoms with Crippen molar-refractivity contribution in [1.82, 2.24) is 0 Å². The maximum absolute atomic E-state index is 11.3. The molecule has 0 saturated carbocycles. The third kappa shape index (κ3) is 3.35. The second-order valence-electron chi connectivity index (χ2n) is 4.46. The summed E-state index contributed by atoms with van der Waals surface area (Å²) in [6.07, 6.45) is 0. The molecule has 4 N–H and O–H groups in total. The predicted octanol–water partition coefficient (Wildman–Crippen LogP) is 3.12. The third-order valence-corrected chi connectivity index (χ3v) is 4.01. The number of carboxylic acids is 2. The average Bonchev–Trinajstić information content (AvgIpc) is 2.42. The Morgan fingerprint density at radius 2 is 1.67 bits per heavy atom.